The van der Waals surface area contributed by atoms with Gasteiger partial charge >= 0.3 is 5.97 Å². The van der Waals surface area contributed by atoms with Crippen molar-refractivity contribution in [2.24, 2.45) is 0 Å². The third-order valence-corrected chi connectivity index (χ3v) is 1.74. The fourth-order valence-corrected chi connectivity index (χ4v) is 1.08. The van der Waals surface area contributed by atoms with Crippen molar-refractivity contribution in [1.82, 2.24) is 4.98 Å². The van der Waals surface area contributed by atoms with Crippen molar-refractivity contribution in [3.05, 3.63) is 23.4 Å². The summed E-state index contributed by atoms with van der Waals surface area (Å²) in [5, 5.41) is 0. The molecule has 0 saturated carbocycles. The smallest absolute Gasteiger partial charge is 0.339 e. The number of ether oxygens (including phenoxy) is 1. The van der Waals surface area contributed by atoms with E-state index in [4.69, 9.17) is 5.73 Å². The lowest BCUT2D eigenvalue weighted by molar-refractivity contribution is 0.0599. The number of carbonyl (C=O) groups is 1. The predicted octanol–water partition coefficient (Wildman–Crippen LogP) is 1.01. The highest BCUT2D eigenvalue weighted by Gasteiger charge is 2.11. The molecule has 0 spiro atoms. The zero-order valence-corrected chi connectivity index (χ0v) is 7.70. The third-order valence-electron chi connectivity index (χ3n) is 1.74. The number of nitrogens with two attached hydrogens (primary N) is 1. The number of methoxy groups -OCH3 is 1. The zero-order chi connectivity index (χ0) is 9.84. The number of nitrogens with zero attached hydrogens (tertiary/aromatic N) is 1. The van der Waals surface area contributed by atoms with Crippen LogP contribution in [0.15, 0.2) is 12.1 Å². The molecule has 1 aromatic rings. The number of aryl methyl sites for hydroxylation is 1. The van der Waals surface area contributed by atoms with E-state index in [1.54, 1.807) is 12.1 Å². The highest BCUT2D eigenvalue weighted by atomic mass is 16.5. The van der Waals surface area contributed by atoms with Crippen molar-refractivity contribution < 1.29 is 9.53 Å². The first-order valence-electron chi connectivity index (χ1n) is 4.02. The molecule has 0 saturated heterocycles. The van der Waals surface area contributed by atoms with Gasteiger partial charge in [-0.1, -0.05) is 6.92 Å². The van der Waals surface area contributed by atoms with E-state index in [9.17, 15) is 4.79 Å². The average molecular weight is 180 g/mol. The molecule has 0 fully saturated rings. The predicted molar refractivity (Wildman–Crippen MR) is 49.4 cm³/mol. The molecule has 0 amide bonds. The minimum absolute atomic E-state index is 0.371. The molecule has 1 rings (SSSR count). The monoisotopic (exact) mass is 180 g/mol. The van der Waals surface area contributed by atoms with Crippen LogP contribution < -0.4 is 5.73 Å². The summed E-state index contributed by atoms with van der Waals surface area (Å²) in [5.74, 6) is 0.0499. The Labute approximate surface area is 76.7 Å². The van der Waals surface area contributed by atoms with Crippen molar-refractivity contribution >= 4 is 11.8 Å². The van der Waals surface area contributed by atoms with Gasteiger partial charge in [0, 0.05) is 0 Å². The van der Waals surface area contributed by atoms with Crippen LogP contribution in [-0.4, -0.2) is 18.1 Å². The van der Waals surface area contributed by atoms with Crippen LogP contribution in [0.4, 0.5) is 5.82 Å². The van der Waals surface area contributed by atoms with Crippen LogP contribution in [0.5, 0.6) is 0 Å². The van der Waals surface area contributed by atoms with Gasteiger partial charge in [0.15, 0.2) is 0 Å². The van der Waals surface area contributed by atoms with Crippen molar-refractivity contribution in [2.45, 2.75) is 13.3 Å². The van der Waals surface area contributed by atoms with Crippen LogP contribution in [0, 0.1) is 0 Å². The summed E-state index contributed by atoms with van der Waals surface area (Å²) >= 11 is 0. The molecule has 0 aromatic carbocycles. The topological polar surface area (TPSA) is 65.2 Å². The number of hydrogen-bond donors (Lipinski definition) is 1. The second-order valence-corrected chi connectivity index (χ2v) is 2.58. The van der Waals surface area contributed by atoms with Crippen molar-refractivity contribution in [3.8, 4) is 0 Å². The number of aromatic nitrogens is 1. The van der Waals surface area contributed by atoms with Crippen LogP contribution >= 0.6 is 0 Å². The molecule has 13 heavy (non-hydrogen) atoms. The Morgan fingerprint density at radius 2 is 2.31 bits per heavy atom. The van der Waals surface area contributed by atoms with E-state index in [0.717, 1.165) is 0 Å². The Kier molecular flexibility index (Phi) is 2.84. The highest BCUT2D eigenvalue weighted by molar-refractivity contribution is 5.90. The first-order chi connectivity index (χ1) is 6.19. The summed E-state index contributed by atoms with van der Waals surface area (Å²) in [6, 6.07) is 3.22. The van der Waals surface area contributed by atoms with Gasteiger partial charge in [-0.05, 0) is 18.6 Å². The summed E-state index contributed by atoms with van der Waals surface area (Å²) in [7, 11) is 1.35. The molecule has 0 aliphatic carbocycles. The van der Waals surface area contributed by atoms with Gasteiger partial charge in [-0.2, -0.15) is 0 Å². The van der Waals surface area contributed by atoms with Crippen molar-refractivity contribution in [2.75, 3.05) is 12.8 Å². The third kappa shape index (κ3) is 1.96. The van der Waals surface area contributed by atoms with Crippen LogP contribution in [-0.2, 0) is 11.2 Å². The maximum atomic E-state index is 11.2. The molecule has 4 heteroatoms. The Bertz CT molecular complexity index is 323. The lowest BCUT2D eigenvalue weighted by Gasteiger charge is -2.04. The molecule has 4 nitrogen and oxygen atoms in total. The van der Waals surface area contributed by atoms with Gasteiger partial charge in [0.1, 0.15) is 5.82 Å². The first kappa shape index (κ1) is 9.51. The van der Waals surface area contributed by atoms with Gasteiger partial charge in [0.2, 0.25) is 0 Å². The fourth-order valence-electron chi connectivity index (χ4n) is 1.08. The lowest BCUT2D eigenvalue weighted by atomic mass is 10.1. The maximum Gasteiger partial charge on any atom is 0.339 e. The molecule has 0 atom stereocenters. The number of rotatable bonds is 2. The van der Waals surface area contributed by atoms with Crippen LogP contribution in [0.1, 0.15) is 23.0 Å². The van der Waals surface area contributed by atoms with E-state index in [1.807, 2.05) is 6.92 Å². The maximum absolute atomic E-state index is 11.2. The first-order valence-corrected chi connectivity index (χ1v) is 4.02. The van der Waals surface area contributed by atoms with Gasteiger partial charge < -0.3 is 10.5 Å². The zero-order valence-electron chi connectivity index (χ0n) is 7.70. The second-order valence-electron chi connectivity index (χ2n) is 2.58. The molecular weight excluding hydrogens is 168 g/mol. The molecule has 0 unspecified atom stereocenters. The molecule has 0 bridgehead atoms. The SMILES string of the molecule is CCc1nc(N)ccc1C(=O)OC. The second kappa shape index (κ2) is 3.89. The summed E-state index contributed by atoms with van der Waals surface area (Å²) in [5.41, 5.74) is 6.64. The quantitative estimate of drug-likeness (QED) is 0.690. The largest absolute Gasteiger partial charge is 0.465 e. The molecule has 0 aliphatic heterocycles. The minimum atomic E-state index is -0.371. The number of pyridine rings is 1. The summed E-state index contributed by atoms with van der Waals surface area (Å²) in [6.45, 7) is 1.91. The number of carbonyl (C=O) groups excluding carboxylic acids is 1. The minimum Gasteiger partial charge on any atom is -0.465 e. The van der Waals surface area contributed by atoms with E-state index in [2.05, 4.69) is 9.72 Å². The van der Waals surface area contributed by atoms with Gasteiger partial charge in [-0.25, -0.2) is 9.78 Å². The lowest BCUT2D eigenvalue weighted by Crippen LogP contribution is -2.08. The highest BCUT2D eigenvalue weighted by Crippen LogP contribution is 2.10. The van der Waals surface area contributed by atoms with E-state index in [1.165, 1.54) is 7.11 Å². The average Bonchev–Trinajstić information content (AvgIpc) is 2.16. The standard InChI is InChI=1S/C9H12N2O2/c1-3-7-6(9(12)13-2)4-5-8(10)11-7/h4-5H,3H2,1-2H3,(H2,10,11). The van der Waals surface area contributed by atoms with Gasteiger partial charge in [0.25, 0.3) is 0 Å². The summed E-state index contributed by atoms with van der Waals surface area (Å²) in [4.78, 5) is 15.2. The molecule has 2 N–H and O–H groups in total. The number of esters is 1. The van der Waals surface area contributed by atoms with Crippen molar-refractivity contribution in [1.29, 1.82) is 0 Å². The molecule has 70 valence electrons. The Morgan fingerprint density at radius 3 is 2.85 bits per heavy atom. The molecule has 0 radical (unpaired) electrons. The number of anilines is 1. The van der Waals surface area contributed by atoms with Gasteiger partial charge in [-0.3, -0.25) is 0 Å². The normalized spacial score (nSPS) is 9.69. The van der Waals surface area contributed by atoms with Gasteiger partial charge in [-0.15, -0.1) is 0 Å². The van der Waals surface area contributed by atoms with Crippen LogP contribution in [0.2, 0.25) is 0 Å². The van der Waals surface area contributed by atoms with Gasteiger partial charge in [0.05, 0.1) is 18.4 Å². The number of hydrogen-bond acceptors (Lipinski definition) is 4. The van der Waals surface area contributed by atoms with Crippen LogP contribution in [0.3, 0.4) is 0 Å². The summed E-state index contributed by atoms with van der Waals surface area (Å²) < 4.78 is 4.60. The van der Waals surface area contributed by atoms with E-state index < -0.39 is 0 Å². The molecular formula is C9H12N2O2. The van der Waals surface area contributed by atoms with E-state index in [0.29, 0.717) is 23.5 Å². The molecule has 1 aromatic heterocycles. The van der Waals surface area contributed by atoms with E-state index in [-0.39, 0.29) is 5.97 Å². The van der Waals surface area contributed by atoms with E-state index >= 15 is 0 Å². The summed E-state index contributed by atoms with van der Waals surface area (Å²) in [6.07, 6.45) is 0.662. The van der Waals surface area contributed by atoms with Crippen LogP contribution in [0.25, 0.3) is 0 Å². The molecule has 0 aliphatic rings. The fraction of sp³-hybridized carbons (Fsp3) is 0.333. The molecule has 1 heterocycles. The Morgan fingerprint density at radius 1 is 1.62 bits per heavy atom. The Hall–Kier alpha value is -1.58. The Balaban J connectivity index is 3.13. The van der Waals surface area contributed by atoms with Crippen molar-refractivity contribution in [3.63, 3.8) is 0 Å². The number of nitrogen functional groups attached to an aromatic ring is 1.